The van der Waals surface area contributed by atoms with E-state index in [4.69, 9.17) is 0 Å². The van der Waals surface area contributed by atoms with Crippen LogP contribution in [-0.4, -0.2) is 63.4 Å². The molecule has 0 unspecified atom stereocenters. The maximum atomic E-state index is 12.2. The number of fused-ring (bicyclic) bond motifs is 1. The van der Waals surface area contributed by atoms with E-state index in [1.165, 1.54) is 11.5 Å². The van der Waals surface area contributed by atoms with Crippen molar-refractivity contribution in [3.05, 3.63) is 36.4 Å². The zero-order chi connectivity index (χ0) is 22.4. The quantitative estimate of drug-likeness (QED) is 0.340. The van der Waals surface area contributed by atoms with Gasteiger partial charge in [0.05, 0.1) is 35.7 Å². The minimum absolute atomic E-state index is 0.295. The fourth-order valence-electron chi connectivity index (χ4n) is 3.95. The molecule has 0 radical (unpaired) electrons. The molecule has 0 bridgehead atoms. The first-order chi connectivity index (χ1) is 15.4. The zero-order valence-corrected chi connectivity index (χ0v) is 18.2. The molecule has 166 valence electrons. The Morgan fingerprint density at radius 1 is 1.34 bits per heavy atom. The molecule has 1 saturated carbocycles. The predicted octanol–water partition coefficient (Wildman–Crippen LogP) is 1.39. The van der Waals surface area contributed by atoms with Crippen molar-refractivity contribution in [2.45, 2.75) is 25.5 Å². The number of hydrogen-bond acceptors (Lipinski definition) is 10. The number of Topliss-reactive ketones (excluding diaryl/α,β-unsaturated/α-hetero) is 1. The highest BCUT2D eigenvalue weighted by Crippen LogP contribution is 2.31. The highest BCUT2D eigenvalue weighted by molar-refractivity contribution is 7.10. The van der Waals surface area contributed by atoms with Crippen molar-refractivity contribution >= 4 is 45.1 Å². The first kappa shape index (κ1) is 20.5. The molecule has 12 heteroatoms. The summed E-state index contributed by atoms with van der Waals surface area (Å²) in [7, 11) is 1.83. The van der Waals surface area contributed by atoms with Gasteiger partial charge in [0, 0.05) is 25.4 Å². The lowest BCUT2D eigenvalue weighted by atomic mass is 10.1. The number of ketones is 1. The van der Waals surface area contributed by atoms with Crippen LogP contribution < -0.4 is 10.6 Å². The van der Waals surface area contributed by atoms with E-state index in [9.17, 15) is 15.0 Å². The number of aryl methyl sites for hydroxylation is 2. The lowest BCUT2D eigenvalue weighted by molar-refractivity contribution is -0.128. The van der Waals surface area contributed by atoms with E-state index in [-0.39, 0.29) is 12.4 Å². The van der Waals surface area contributed by atoms with Crippen molar-refractivity contribution in [2.24, 2.45) is 13.0 Å². The number of aliphatic hydroxyl groups excluding tert-OH is 2. The Morgan fingerprint density at radius 2 is 2.19 bits per heavy atom. The molecule has 1 aliphatic carbocycles. The van der Waals surface area contributed by atoms with E-state index < -0.39 is 18.1 Å². The average Bonchev–Trinajstić information content (AvgIpc) is 3.53. The fraction of sp³-hybridized carbons (Fsp3) is 0.350. The molecule has 32 heavy (non-hydrogen) atoms. The summed E-state index contributed by atoms with van der Waals surface area (Å²) in [5.41, 5.74) is 3.08. The van der Waals surface area contributed by atoms with E-state index in [2.05, 4.69) is 30.1 Å². The molecule has 1 aliphatic rings. The number of nitrogens with zero attached hydrogens (tertiary/aromatic N) is 6. The van der Waals surface area contributed by atoms with Gasteiger partial charge >= 0.3 is 0 Å². The van der Waals surface area contributed by atoms with E-state index in [1.807, 2.05) is 43.1 Å². The fourth-order valence-corrected chi connectivity index (χ4v) is 4.61. The van der Waals surface area contributed by atoms with Crippen LogP contribution in [0.2, 0.25) is 0 Å². The predicted molar refractivity (Wildman–Crippen MR) is 119 cm³/mol. The standard InChI is InChI=1S/C20H22N8O3S/c1-10-5-15(32-26-10)24-20-23-13-3-4-28(12-7-21-27(2)8-12)16(13)19(25-20)22-14-6-11(9-29)17(30)18(14)31/h3-5,7-8,11,14,18,29,31H,6,9H2,1-2H3,(H2,22,23,24,25)/t11-,14-,18+/m1/s1. The van der Waals surface area contributed by atoms with E-state index in [0.717, 1.165) is 16.4 Å². The number of carbonyl (C=O) groups is 1. The molecule has 1 fully saturated rings. The summed E-state index contributed by atoms with van der Waals surface area (Å²) in [4.78, 5) is 21.5. The highest BCUT2D eigenvalue weighted by Gasteiger charge is 2.41. The number of carbonyl (C=O) groups excluding carboxylic acids is 1. The van der Waals surface area contributed by atoms with Gasteiger partial charge in [-0.15, -0.1) is 0 Å². The molecular weight excluding hydrogens is 432 g/mol. The Kier molecular flexibility index (Phi) is 5.12. The van der Waals surface area contributed by atoms with Gasteiger partial charge in [0.25, 0.3) is 0 Å². The minimum Gasteiger partial charge on any atom is -0.396 e. The molecule has 0 aromatic carbocycles. The van der Waals surface area contributed by atoms with Gasteiger partial charge in [-0.05, 0) is 37.0 Å². The van der Waals surface area contributed by atoms with Crippen molar-refractivity contribution in [3.63, 3.8) is 0 Å². The summed E-state index contributed by atoms with van der Waals surface area (Å²) < 4.78 is 7.86. The first-order valence-corrected chi connectivity index (χ1v) is 10.9. The minimum atomic E-state index is -1.22. The van der Waals surface area contributed by atoms with E-state index >= 15 is 0 Å². The summed E-state index contributed by atoms with van der Waals surface area (Å²) in [5, 5.41) is 31.3. The summed E-state index contributed by atoms with van der Waals surface area (Å²) in [6.45, 7) is 1.61. The molecule has 4 heterocycles. The lowest BCUT2D eigenvalue weighted by Gasteiger charge is -2.18. The zero-order valence-electron chi connectivity index (χ0n) is 17.4. The van der Waals surface area contributed by atoms with Crippen LogP contribution in [0.5, 0.6) is 0 Å². The summed E-state index contributed by atoms with van der Waals surface area (Å²) in [6.07, 6.45) is 4.55. The van der Waals surface area contributed by atoms with Gasteiger partial charge in [-0.1, -0.05) is 0 Å². The molecule has 0 spiro atoms. The van der Waals surface area contributed by atoms with Crippen LogP contribution in [0.3, 0.4) is 0 Å². The SMILES string of the molecule is Cc1cc(Nc2nc(N[C@@H]3C[C@H](CO)C(=O)[C@H]3O)c3c(ccn3-c3cnn(C)c3)n2)sn1. The average molecular weight is 455 g/mol. The van der Waals surface area contributed by atoms with Gasteiger partial charge < -0.3 is 25.4 Å². The Bertz CT molecular complexity index is 1300. The van der Waals surface area contributed by atoms with Gasteiger partial charge in [-0.2, -0.15) is 14.5 Å². The summed E-state index contributed by atoms with van der Waals surface area (Å²) in [6, 6.07) is 3.19. The van der Waals surface area contributed by atoms with Crippen LogP contribution in [0.4, 0.5) is 16.8 Å². The van der Waals surface area contributed by atoms with Crippen molar-refractivity contribution in [3.8, 4) is 5.69 Å². The van der Waals surface area contributed by atoms with E-state index in [1.54, 1.807) is 10.9 Å². The molecule has 3 atom stereocenters. The molecule has 4 N–H and O–H groups in total. The van der Waals surface area contributed by atoms with Crippen molar-refractivity contribution in [1.82, 2.24) is 28.7 Å². The van der Waals surface area contributed by atoms with Crippen molar-refractivity contribution in [1.29, 1.82) is 0 Å². The van der Waals surface area contributed by atoms with E-state index in [0.29, 0.717) is 29.2 Å². The molecule has 11 nitrogen and oxygen atoms in total. The second kappa shape index (κ2) is 7.97. The smallest absolute Gasteiger partial charge is 0.230 e. The van der Waals surface area contributed by atoms with Gasteiger partial charge in [0.1, 0.15) is 16.6 Å². The molecule has 0 amide bonds. The third-order valence-corrected chi connectivity index (χ3v) is 6.32. The molecular formula is C20H22N8O3S. The number of rotatable bonds is 6. The van der Waals surface area contributed by atoms with Crippen molar-refractivity contribution in [2.75, 3.05) is 17.2 Å². The molecule has 5 rings (SSSR count). The van der Waals surface area contributed by atoms with Gasteiger partial charge in [0.2, 0.25) is 5.95 Å². The van der Waals surface area contributed by atoms with Crippen LogP contribution in [0.25, 0.3) is 16.7 Å². The topological polar surface area (TPSA) is 143 Å². The summed E-state index contributed by atoms with van der Waals surface area (Å²) >= 11 is 1.31. The van der Waals surface area contributed by atoms with Gasteiger partial charge in [0.15, 0.2) is 11.6 Å². The molecule has 0 aliphatic heterocycles. The maximum absolute atomic E-state index is 12.2. The second-order valence-corrected chi connectivity index (χ2v) is 8.66. The Labute approximate surface area is 186 Å². The Morgan fingerprint density at radius 3 is 2.84 bits per heavy atom. The Balaban J connectivity index is 1.58. The first-order valence-electron chi connectivity index (χ1n) is 10.1. The van der Waals surface area contributed by atoms with Gasteiger partial charge in [-0.25, -0.2) is 4.98 Å². The largest absolute Gasteiger partial charge is 0.396 e. The molecule has 4 aromatic heterocycles. The van der Waals surface area contributed by atoms with Crippen LogP contribution in [0.15, 0.2) is 30.7 Å². The third kappa shape index (κ3) is 3.61. The van der Waals surface area contributed by atoms with Crippen LogP contribution in [0, 0.1) is 12.8 Å². The highest BCUT2D eigenvalue weighted by atomic mass is 32.1. The Hall–Kier alpha value is -3.35. The van der Waals surface area contributed by atoms with Crippen LogP contribution >= 0.6 is 11.5 Å². The molecule has 0 saturated heterocycles. The molecule has 4 aromatic rings. The summed E-state index contributed by atoms with van der Waals surface area (Å²) in [5.74, 6) is -0.132. The number of aliphatic hydroxyl groups is 2. The second-order valence-electron chi connectivity index (χ2n) is 7.86. The van der Waals surface area contributed by atoms with Crippen molar-refractivity contribution < 1.29 is 15.0 Å². The van der Waals surface area contributed by atoms with Gasteiger partial charge in [-0.3, -0.25) is 9.48 Å². The number of anilines is 3. The number of nitrogens with one attached hydrogen (secondary N) is 2. The lowest BCUT2D eigenvalue weighted by Crippen LogP contribution is -2.33. The normalized spacial score (nSPS) is 20.9. The van der Waals surface area contributed by atoms with Crippen LogP contribution in [-0.2, 0) is 11.8 Å². The maximum Gasteiger partial charge on any atom is 0.230 e. The number of hydrogen-bond donors (Lipinski definition) is 4. The third-order valence-electron chi connectivity index (χ3n) is 5.52. The van der Waals surface area contributed by atoms with Crippen LogP contribution in [0.1, 0.15) is 12.1 Å². The number of aromatic nitrogens is 6. The monoisotopic (exact) mass is 454 g/mol.